The van der Waals surface area contributed by atoms with Gasteiger partial charge in [0.25, 0.3) is 0 Å². The summed E-state index contributed by atoms with van der Waals surface area (Å²) in [5.74, 6) is -0.474. The number of anilines is 1. The Morgan fingerprint density at radius 2 is 2.11 bits per heavy atom. The fourth-order valence-electron chi connectivity index (χ4n) is 3.38. The Morgan fingerprint density at radius 3 is 2.79 bits per heavy atom. The first-order valence-corrected chi connectivity index (χ1v) is 9.13. The van der Waals surface area contributed by atoms with Crippen molar-refractivity contribution in [3.05, 3.63) is 58.4 Å². The normalized spacial score (nSPS) is 13.3. The van der Waals surface area contributed by atoms with Crippen molar-refractivity contribution < 1.29 is 9.18 Å². The molecule has 3 aromatic rings. The van der Waals surface area contributed by atoms with Crippen LogP contribution in [0.15, 0.2) is 30.5 Å². The molecule has 142 valence electrons. The van der Waals surface area contributed by atoms with Gasteiger partial charge in [0.1, 0.15) is 18.4 Å². The van der Waals surface area contributed by atoms with Crippen LogP contribution in [0.25, 0.3) is 5.69 Å². The summed E-state index contributed by atoms with van der Waals surface area (Å²) in [4.78, 5) is 14.6. The molecule has 0 aliphatic carbocycles. The lowest BCUT2D eigenvalue weighted by atomic mass is 10.1. The summed E-state index contributed by atoms with van der Waals surface area (Å²) in [7, 11) is 0. The van der Waals surface area contributed by atoms with Gasteiger partial charge in [-0.05, 0) is 44.0 Å². The van der Waals surface area contributed by atoms with Gasteiger partial charge < -0.3 is 4.90 Å². The van der Waals surface area contributed by atoms with Crippen LogP contribution in [-0.4, -0.2) is 32.0 Å². The molecule has 0 N–H and O–H groups in total. The van der Waals surface area contributed by atoms with Crippen LogP contribution in [0.3, 0.4) is 0 Å². The molecule has 1 aliphatic heterocycles. The van der Waals surface area contributed by atoms with E-state index >= 15 is 0 Å². The van der Waals surface area contributed by atoms with Gasteiger partial charge in [-0.25, -0.2) is 9.07 Å². The molecule has 7 nitrogen and oxygen atoms in total. The molecule has 9 heteroatoms. The van der Waals surface area contributed by atoms with Crippen molar-refractivity contribution in [3.8, 4) is 11.8 Å². The molecule has 0 fully saturated rings. The second-order valence-electron chi connectivity index (χ2n) is 6.53. The quantitative estimate of drug-likeness (QED) is 0.679. The van der Waals surface area contributed by atoms with Crippen molar-refractivity contribution in [1.29, 1.82) is 5.26 Å². The van der Waals surface area contributed by atoms with Crippen LogP contribution in [0.5, 0.6) is 0 Å². The molecule has 0 bridgehead atoms. The highest BCUT2D eigenvalue weighted by Crippen LogP contribution is 2.29. The molecule has 1 aliphatic rings. The maximum absolute atomic E-state index is 13.2. The number of carbonyl (C=O) groups is 1. The number of benzene rings is 1. The number of hydrogen-bond acceptors (Lipinski definition) is 4. The van der Waals surface area contributed by atoms with E-state index in [4.69, 9.17) is 16.9 Å². The van der Waals surface area contributed by atoms with Crippen LogP contribution in [0.4, 0.5) is 10.1 Å². The smallest absolute Gasteiger partial charge is 0.248 e. The van der Waals surface area contributed by atoms with E-state index in [2.05, 4.69) is 10.2 Å². The minimum atomic E-state index is -0.313. The molecular weight excluding hydrogens is 383 g/mol. The summed E-state index contributed by atoms with van der Waals surface area (Å²) in [6.45, 7) is 2.27. The molecule has 3 heterocycles. The van der Waals surface area contributed by atoms with Crippen molar-refractivity contribution >= 4 is 23.2 Å². The highest BCUT2D eigenvalue weighted by molar-refractivity contribution is 6.32. The third-order valence-electron chi connectivity index (χ3n) is 4.83. The minimum absolute atomic E-state index is 0.0194. The number of rotatable bonds is 3. The van der Waals surface area contributed by atoms with Gasteiger partial charge >= 0.3 is 0 Å². The zero-order valence-corrected chi connectivity index (χ0v) is 15.8. The van der Waals surface area contributed by atoms with E-state index in [1.54, 1.807) is 34.8 Å². The van der Waals surface area contributed by atoms with Gasteiger partial charge in [-0.1, -0.05) is 11.6 Å². The summed E-state index contributed by atoms with van der Waals surface area (Å²) in [5.41, 5.74) is 3.06. The Morgan fingerprint density at radius 1 is 1.36 bits per heavy atom. The number of nitriles is 1. The first kappa shape index (κ1) is 18.2. The average molecular weight is 399 g/mol. The summed E-state index contributed by atoms with van der Waals surface area (Å²) in [5, 5.41) is 17.8. The third-order valence-corrected chi connectivity index (χ3v) is 5.28. The summed E-state index contributed by atoms with van der Waals surface area (Å²) in [6, 6.07) is 7.99. The monoisotopic (exact) mass is 398 g/mol. The number of halogens is 2. The van der Waals surface area contributed by atoms with Gasteiger partial charge in [-0.15, -0.1) is 0 Å². The molecule has 0 spiro atoms. The summed E-state index contributed by atoms with van der Waals surface area (Å²) in [6.07, 6.45) is 3.20. The largest absolute Gasteiger partial charge is 0.308 e. The molecule has 0 unspecified atom stereocenters. The van der Waals surface area contributed by atoms with Crippen molar-refractivity contribution in [2.75, 3.05) is 11.4 Å². The Labute approximate surface area is 165 Å². The number of carbonyl (C=O) groups excluding carboxylic acids is 1. The van der Waals surface area contributed by atoms with Gasteiger partial charge in [0, 0.05) is 6.54 Å². The lowest BCUT2D eigenvalue weighted by Crippen LogP contribution is -2.38. The topological polar surface area (TPSA) is 79.7 Å². The number of aromatic nitrogens is 4. The highest BCUT2D eigenvalue weighted by atomic mass is 35.5. The molecule has 2 aromatic heterocycles. The standard InChI is InChI=1S/C19H16ClFN6O/c1-12-19(20)15(9-22)24-26(12)11-18(28)25-8-2-3-16-17(25)10-23-27(16)14-6-4-13(21)5-7-14/h4-7,10H,2-3,8,11H2,1H3. The van der Waals surface area contributed by atoms with Crippen LogP contribution in [0.1, 0.15) is 23.5 Å². The van der Waals surface area contributed by atoms with E-state index < -0.39 is 0 Å². The molecule has 1 amide bonds. The first-order valence-electron chi connectivity index (χ1n) is 8.76. The Kier molecular flexibility index (Phi) is 4.61. The Bertz CT molecular complexity index is 1100. The molecule has 0 saturated carbocycles. The predicted molar refractivity (Wildman–Crippen MR) is 101 cm³/mol. The lowest BCUT2D eigenvalue weighted by Gasteiger charge is -2.27. The zero-order chi connectivity index (χ0) is 19.8. The van der Waals surface area contributed by atoms with Gasteiger partial charge in [0.2, 0.25) is 5.91 Å². The SMILES string of the molecule is Cc1c(Cl)c(C#N)nn1CC(=O)N1CCCc2c1cnn2-c1ccc(F)cc1. The van der Waals surface area contributed by atoms with Crippen LogP contribution in [0.2, 0.25) is 5.02 Å². The van der Waals surface area contributed by atoms with Crippen molar-refractivity contribution in [1.82, 2.24) is 19.6 Å². The molecule has 4 rings (SSSR count). The second-order valence-corrected chi connectivity index (χ2v) is 6.91. The molecule has 0 saturated heterocycles. The van der Waals surface area contributed by atoms with Crippen molar-refractivity contribution in [3.63, 3.8) is 0 Å². The van der Waals surface area contributed by atoms with Crippen LogP contribution >= 0.6 is 11.6 Å². The second kappa shape index (κ2) is 7.09. The molecule has 28 heavy (non-hydrogen) atoms. The van der Waals surface area contributed by atoms with E-state index in [0.29, 0.717) is 12.2 Å². The van der Waals surface area contributed by atoms with E-state index in [9.17, 15) is 9.18 Å². The summed E-state index contributed by atoms with van der Waals surface area (Å²) < 4.78 is 16.4. The average Bonchev–Trinajstić information content (AvgIpc) is 3.25. The maximum atomic E-state index is 13.2. The lowest BCUT2D eigenvalue weighted by molar-refractivity contribution is -0.119. The van der Waals surface area contributed by atoms with Crippen LogP contribution < -0.4 is 4.90 Å². The van der Waals surface area contributed by atoms with Gasteiger partial charge in [-0.3, -0.25) is 9.48 Å². The fourth-order valence-corrected chi connectivity index (χ4v) is 3.55. The molecule has 1 aromatic carbocycles. The molecule has 0 radical (unpaired) electrons. The first-order chi connectivity index (χ1) is 13.5. The fraction of sp³-hybridized carbons (Fsp3) is 0.263. The predicted octanol–water partition coefficient (Wildman–Crippen LogP) is 3.02. The van der Waals surface area contributed by atoms with Crippen molar-refractivity contribution in [2.45, 2.75) is 26.3 Å². The van der Waals surface area contributed by atoms with Crippen LogP contribution in [-0.2, 0) is 17.8 Å². The van der Waals surface area contributed by atoms with E-state index in [1.807, 2.05) is 6.07 Å². The Balaban J connectivity index is 1.62. The number of amides is 1. The number of nitrogens with zero attached hydrogens (tertiary/aromatic N) is 6. The zero-order valence-electron chi connectivity index (χ0n) is 15.1. The van der Waals surface area contributed by atoms with Crippen LogP contribution in [0, 0.1) is 24.1 Å². The van der Waals surface area contributed by atoms with Crippen molar-refractivity contribution in [2.24, 2.45) is 0 Å². The maximum Gasteiger partial charge on any atom is 0.248 e. The van der Waals surface area contributed by atoms with E-state index in [-0.39, 0.29) is 29.0 Å². The number of fused-ring (bicyclic) bond motifs is 1. The van der Waals surface area contributed by atoms with Gasteiger partial charge in [0.15, 0.2) is 5.69 Å². The van der Waals surface area contributed by atoms with E-state index in [0.717, 1.165) is 29.9 Å². The van der Waals surface area contributed by atoms with Gasteiger partial charge in [0.05, 0.1) is 34.0 Å². The van der Waals surface area contributed by atoms with E-state index in [1.165, 1.54) is 16.8 Å². The molecule has 0 atom stereocenters. The minimum Gasteiger partial charge on any atom is -0.308 e. The van der Waals surface area contributed by atoms with Gasteiger partial charge in [-0.2, -0.15) is 15.5 Å². The Hall–Kier alpha value is -3.18. The highest BCUT2D eigenvalue weighted by Gasteiger charge is 2.27. The third kappa shape index (κ3) is 3.04. The molecular formula is C19H16ClFN6O. The summed E-state index contributed by atoms with van der Waals surface area (Å²) >= 11 is 6.08. The number of hydrogen-bond donors (Lipinski definition) is 0.